The van der Waals surface area contributed by atoms with Crippen LogP contribution in [0.25, 0.3) is 0 Å². The zero-order valence-electron chi connectivity index (χ0n) is 18.0. The molecule has 3 rings (SSSR count). The Morgan fingerprint density at radius 3 is 2.13 bits per heavy atom. The van der Waals surface area contributed by atoms with Crippen molar-refractivity contribution in [3.63, 3.8) is 0 Å². The topological polar surface area (TPSA) is 94.2 Å². The molecule has 1 aliphatic rings. The summed E-state index contributed by atoms with van der Waals surface area (Å²) in [6.07, 6.45) is 1.03. The normalized spacial score (nSPS) is 14.9. The minimum absolute atomic E-state index is 0.188. The number of likely N-dealkylation sites (tertiary alicyclic amines) is 1. The smallest absolute Gasteiger partial charge is 0.261 e. The van der Waals surface area contributed by atoms with E-state index in [9.17, 15) is 13.2 Å². The van der Waals surface area contributed by atoms with E-state index in [-0.39, 0.29) is 16.8 Å². The Kier molecular flexibility index (Phi) is 7.40. The third kappa shape index (κ3) is 5.29. The predicted molar refractivity (Wildman–Crippen MR) is 116 cm³/mol. The molecule has 0 radical (unpaired) electrons. The Bertz CT molecular complexity index is 977. The summed E-state index contributed by atoms with van der Waals surface area (Å²) in [6, 6.07) is 11.3. The van der Waals surface area contributed by atoms with Crippen molar-refractivity contribution >= 4 is 15.9 Å². The number of hydrogen-bond acceptors (Lipinski definition) is 6. The van der Waals surface area contributed by atoms with E-state index in [2.05, 4.69) is 4.72 Å². The molecule has 0 atom stereocenters. The van der Waals surface area contributed by atoms with Crippen molar-refractivity contribution in [2.75, 3.05) is 33.9 Å². The summed E-state index contributed by atoms with van der Waals surface area (Å²) in [5, 5.41) is 0. The van der Waals surface area contributed by atoms with E-state index in [1.54, 1.807) is 35.2 Å². The van der Waals surface area contributed by atoms with Crippen LogP contribution in [0.4, 0.5) is 0 Å². The van der Waals surface area contributed by atoms with Gasteiger partial charge in [-0.05, 0) is 56.2 Å². The largest absolute Gasteiger partial charge is 0.496 e. The van der Waals surface area contributed by atoms with Crippen LogP contribution >= 0.6 is 0 Å². The number of hydrogen-bond donors (Lipinski definition) is 1. The monoisotopic (exact) mass is 448 g/mol. The van der Waals surface area contributed by atoms with Crippen LogP contribution in [0.2, 0.25) is 0 Å². The molecular formula is C22H28N2O6S. The summed E-state index contributed by atoms with van der Waals surface area (Å²) in [4.78, 5) is 15.0. The van der Waals surface area contributed by atoms with Gasteiger partial charge in [-0.1, -0.05) is 6.07 Å². The number of carbonyl (C=O) groups is 1. The number of nitrogens with one attached hydrogen (secondary N) is 1. The fourth-order valence-electron chi connectivity index (χ4n) is 3.59. The average Bonchev–Trinajstić information content (AvgIpc) is 2.79. The quantitative estimate of drug-likeness (QED) is 0.667. The van der Waals surface area contributed by atoms with E-state index >= 15 is 0 Å². The number of rotatable bonds is 8. The number of ether oxygens (including phenoxy) is 3. The molecule has 1 saturated heterocycles. The minimum Gasteiger partial charge on any atom is -0.496 e. The van der Waals surface area contributed by atoms with Crippen molar-refractivity contribution in [2.24, 2.45) is 0 Å². The highest BCUT2D eigenvalue weighted by Gasteiger charge is 2.30. The van der Waals surface area contributed by atoms with E-state index < -0.39 is 10.0 Å². The first kappa shape index (κ1) is 22.9. The van der Waals surface area contributed by atoms with Gasteiger partial charge in [-0.25, -0.2) is 13.1 Å². The molecule has 0 unspecified atom stereocenters. The highest BCUT2D eigenvalue weighted by Crippen LogP contribution is 2.30. The lowest BCUT2D eigenvalue weighted by atomic mass is 10.0. The standard InChI is InChI=1S/C22H28N2O6S/c1-4-30-17-8-10-18(11-9-17)31(26,27)23-16-12-14-24(15-13-16)22(25)21-19(28-2)6-5-7-20(21)29-3/h5-11,16,23H,4,12-15H2,1-3H3. The minimum atomic E-state index is -3.65. The molecule has 0 aliphatic carbocycles. The number of nitrogens with zero attached hydrogens (tertiary/aromatic N) is 1. The third-order valence-electron chi connectivity index (χ3n) is 5.19. The van der Waals surface area contributed by atoms with E-state index in [0.717, 1.165) is 0 Å². The molecule has 1 heterocycles. The highest BCUT2D eigenvalue weighted by molar-refractivity contribution is 7.89. The molecule has 0 bridgehead atoms. The molecule has 8 nitrogen and oxygen atoms in total. The van der Waals surface area contributed by atoms with Gasteiger partial charge in [0.1, 0.15) is 22.8 Å². The van der Waals surface area contributed by atoms with Gasteiger partial charge in [0.15, 0.2) is 0 Å². The van der Waals surface area contributed by atoms with E-state index in [0.29, 0.717) is 55.4 Å². The molecule has 1 aliphatic heterocycles. The second-order valence-corrected chi connectivity index (χ2v) is 8.84. The number of benzene rings is 2. The molecule has 0 spiro atoms. The molecule has 1 amide bonds. The van der Waals surface area contributed by atoms with Gasteiger partial charge in [0.2, 0.25) is 10.0 Å². The van der Waals surface area contributed by atoms with Crippen molar-refractivity contribution in [2.45, 2.75) is 30.7 Å². The van der Waals surface area contributed by atoms with Gasteiger partial charge >= 0.3 is 0 Å². The Morgan fingerprint density at radius 1 is 1.03 bits per heavy atom. The highest BCUT2D eigenvalue weighted by atomic mass is 32.2. The predicted octanol–water partition coefficient (Wildman–Crippen LogP) is 2.69. The Balaban J connectivity index is 1.64. The van der Waals surface area contributed by atoms with Gasteiger partial charge in [-0.2, -0.15) is 0 Å². The molecule has 9 heteroatoms. The van der Waals surface area contributed by atoms with Gasteiger partial charge < -0.3 is 19.1 Å². The van der Waals surface area contributed by atoms with Crippen LogP contribution in [0.15, 0.2) is 47.4 Å². The summed E-state index contributed by atoms with van der Waals surface area (Å²) in [6.45, 7) is 3.24. The Hall–Kier alpha value is -2.78. The number of methoxy groups -OCH3 is 2. The molecule has 31 heavy (non-hydrogen) atoms. The molecule has 1 fully saturated rings. The first-order valence-electron chi connectivity index (χ1n) is 10.1. The number of sulfonamides is 1. The zero-order valence-corrected chi connectivity index (χ0v) is 18.8. The number of piperidine rings is 1. The van der Waals surface area contributed by atoms with Gasteiger partial charge in [0.05, 0.1) is 25.7 Å². The van der Waals surface area contributed by atoms with Crippen LogP contribution < -0.4 is 18.9 Å². The van der Waals surface area contributed by atoms with E-state index in [1.807, 2.05) is 6.92 Å². The summed E-state index contributed by atoms with van der Waals surface area (Å²) in [5.41, 5.74) is 0.376. The molecule has 168 valence electrons. The SMILES string of the molecule is CCOc1ccc(S(=O)(=O)NC2CCN(C(=O)c3c(OC)cccc3OC)CC2)cc1. The lowest BCUT2D eigenvalue weighted by molar-refractivity contribution is 0.0704. The maximum atomic E-state index is 13.1. The van der Waals surface area contributed by atoms with Crippen molar-refractivity contribution in [3.8, 4) is 17.2 Å². The molecule has 2 aromatic carbocycles. The van der Waals surface area contributed by atoms with Crippen molar-refractivity contribution in [1.29, 1.82) is 0 Å². The number of amides is 1. The lowest BCUT2D eigenvalue weighted by Gasteiger charge is -2.32. The summed E-state index contributed by atoms with van der Waals surface area (Å²) in [5.74, 6) is 1.33. The second kappa shape index (κ2) is 10.0. The van der Waals surface area contributed by atoms with Crippen LogP contribution in [-0.2, 0) is 10.0 Å². The van der Waals surface area contributed by atoms with Crippen LogP contribution in [0.1, 0.15) is 30.1 Å². The average molecular weight is 449 g/mol. The fraction of sp³-hybridized carbons (Fsp3) is 0.409. The number of carbonyl (C=O) groups excluding carboxylic acids is 1. The lowest BCUT2D eigenvalue weighted by Crippen LogP contribution is -2.46. The summed E-state index contributed by atoms with van der Waals surface area (Å²) in [7, 11) is -0.637. The first-order valence-corrected chi connectivity index (χ1v) is 11.6. The summed E-state index contributed by atoms with van der Waals surface area (Å²) < 4.78 is 44.2. The molecular weight excluding hydrogens is 420 g/mol. The van der Waals surface area contributed by atoms with Crippen molar-refractivity contribution in [3.05, 3.63) is 48.0 Å². The van der Waals surface area contributed by atoms with Gasteiger partial charge in [0.25, 0.3) is 5.91 Å². The molecule has 1 N–H and O–H groups in total. The van der Waals surface area contributed by atoms with Gasteiger partial charge in [-0.15, -0.1) is 0 Å². The van der Waals surface area contributed by atoms with Crippen molar-refractivity contribution < 1.29 is 27.4 Å². The fourth-order valence-corrected chi connectivity index (χ4v) is 4.89. The third-order valence-corrected chi connectivity index (χ3v) is 6.73. The second-order valence-electron chi connectivity index (χ2n) is 7.13. The Labute approximate surface area is 183 Å². The zero-order chi connectivity index (χ0) is 22.4. The van der Waals surface area contributed by atoms with Crippen LogP contribution in [0.5, 0.6) is 17.2 Å². The van der Waals surface area contributed by atoms with Crippen LogP contribution in [0, 0.1) is 0 Å². The first-order chi connectivity index (χ1) is 14.9. The van der Waals surface area contributed by atoms with Gasteiger partial charge in [0, 0.05) is 19.1 Å². The molecule has 2 aromatic rings. The van der Waals surface area contributed by atoms with E-state index in [1.165, 1.54) is 26.4 Å². The van der Waals surface area contributed by atoms with Gasteiger partial charge in [-0.3, -0.25) is 4.79 Å². The van der Waals surface area contributed by atoms with Crippen LogP contribution in [-0.4, -0.2) is 59.2 Å². The van der Waals surface area contributed by atoms with E-state index in [4.69, 9.17) is 14.2 Å². The maximum Gasteiger partial charge on any atom is 0.261 e. The van der Waals surface area contributed by atoms with Crippen LogP contribution in [0.3, 0.4) is 0 Å². The maximum absolute atomic E-state index is 13.1. The van der Waals surface area contributed by atoms with Crippen molar-refractivity contribution in [1.82, 2.24) is 9.62 Å². The summed E-state index contributed by atoms with van der Waals surface area (Å²) >= 11 is 0. The Morgan fingerprint density at radius 2 is 1.61 bits per heavy atom. The molecule has 0 aromatic heterocycles. The molecule has 0 saturated carbocycles.